The van der Waals surface area contributed by atoms with E-state index in [-0.39, 0.29) is 0 Å². The standard InChI is InChI=1S/C13H23NO2S/c1-3-4-7-16-10-12(15)8-14-9-13-6-5-11(2)17-13/h5-6,12,14-15H,3-4,7-10H2,1-2H3. The zero-order chi connectivity index (χ0) is 12.5. The average molecular weight is 257 g/mol. The second-order valence-corrected chi connectivity index (χ2v) is 5.60. The normalized spacial score (nSPS) is 12.9. The highest BCUT2D eigenvalue weighted by molar-refractivity contribution is 7.11. The van der Waals surface area contributed by atoms with Crippen molar-refractivity contribution in [3.8, 4) is 0 Å². The smallest absolute Gasteiger partial charge is 0.0897 e. The van der Waals surface area contributed by atoms with Crippen LogP contribution < -0.4 is 5.32 Å². The van der Waals surface area contributed by atoms with Gasteiger partial charge in [-0.1, -0.05) is 13.3 Å². The lowest BCUT2D eigenvalue weighted by molar-refractivity contribution is 0.0358. The van der Waals surface area contributed by atoms with Gasteiger partial charge in [0.25, 0.3) is 0 Å². The largest absolute Gasteiger partial charge is 0.389 e. The first-order valence-electron chi connectivity index (χ1n) is 6.24. The highest BCUT2D eigenvalue weighted by Crippen LogP contribution is 2.14. The lowest BCUT2D eigenvalue weighted by Crippen LogP contribution is -2.30. The third kappa shape index (κ3) is 6.78. The van der Waals surface area contributed by atoms with E-state index in [0.29, 0.717) is 13.2 Å². The zero-order valence-electron chi connectivity index (χ0n) is 10.7. The van der Waals surface area contributed by atoms with Crippen LogP contribution in [0.1, 0.15) is 29.5 Å². The van der Waals surface area contributed by atoms with Crippen LogP contribution in [-0.4, -0.2) is 31.0 Å². The molecule has 0 radical (unpaired) electrons. The Hall–Kier alpha value is -0.420. The molecule has 0 aliphatic carbocycles. The van der Waals surface area contributed by atoms with Gasteiger partial charge in [-0.2, -0.15) is 0 Å². The number of nitrogens with one attached hydrogen (secondary N) is 1. The zero-order valence-corrected chi connectivity index (χ0v) is 11.6. The molecule has 1 aromatic heterocycles. The number of thiophene rings is 1. The summed E-state index contributed by atoms with van der Waals surface area (Å²) in [6, 6.07) is 4.24. The molecule has 0 saturated carbocycles. The number of hydrogen-bond donors (Lipinski definition) is 2. The van der Waals surface area contributed by atoms with Gasteiger partial charge in [0.1, 0.15) is 0 Å². The van der Waals surface area contributed by atoms with E-state index in [2.05, 4.69) is 31.3 Å². The summed E-state index contributed by atoms with van der Waals surface area (Å²) in [5.41, 5.74) is 0. The fourth-order valence-corrected chi connectivity index (χ4v) is 2.33. The van der Waals surface area contributed by atoms with Gasteiger partial charge in [-0.25, -0.2) is 0 Å². The maximum atomic E-state index is 9.65. The van der Waals surface area contributed by atoms with Crippen LogP contribution in [-0.2, 0) is 11.3 Å². The topological polar surface area (TPSA) is 41.5 Å². The van der Waals surface area contributed by atoms with Crippen LogP contribution in [0.4, 0.5) is 0 Å². The molecule has 0 aromatic carbocycles. The molecule has 3 nitrogen and oxygen atoms in total. The van der Waals surface area contributed by atoms with Crippen LogP contribution >= 0.6 is 11.3 Å². The van der Waals surface area contributed by atoms with E-state index in [1.807, 2.05) is 0 Å². The van der Waals surface area contributed by atoms with Crippen molar-refractivity contribution < 1.29 is 9.84 Å². The van der Waals surface area contributed by atoms with Gasteiger partial charge in [0.2, 0.25) is 0 Å². The summed E-state index contributed by atoms with van der Waals surface area (Å²) in [5, 5.41) is 12.9. The maximum Gasteiger partial charge on any atom is 0.0897 e. The van der Waals surface area contributed by atoms with E-state index in [1.54, 1.807) is 11.3 Å². The van der Waals surface area contributed by atoms with Crippen LogP contribution in [0.3, 0.4) is 0 Å². The molecule has 98 valence electrons. The average Bonchev–Trinajstić information content (AvgIpc) is 2.71. The molecule has 0 saturated heterocycles. The molecule has 0 spiro atoms. The van der Waals surface area contributed by atoms with Gasteiger partial charge in [-0.3, -0.25) is 0 Å². The van der Waals surface area contributed by atoms with Crippen molar-refractivity contribution in [1.29, 1.82) is 0 Å². The Bertz CT molecular complexity index is 301. The predicted octanol–water partition coefficient (Wildman–Crippen LogP) is 2.32. The minimum atomic E-state index is -0.409. The minimum absolute atomic E-state index is 0.409. The second kappa shape index (κ2) is 8.64. The van der Waals surface area contributed by atoms with Crippen LogP contribution in [0.2, 0.25) is 0 Å². The highest BCUT2D eigenvalue weighted by atomic mass is 32.1. The summed E-state index contributed by atoms with van der Waals surface area (Å²) in [6.45, 7) is 6.82. The molecule has 0 amide bonds. The Kier molecular flexibility index (Phi) is 7.44. The molecule has 1 rings (SSSR count). The fourth-order valence-electron chi connectivity index (χ4n) is 1.47. The molecule has 1 atom stereocenters. The van der Waals surface area contributed by atoms with Crippen LogP contribution in [0.15, 0.2) is 12.1 Å². The number of rotatable bonds is 9. The Labute approximate surface area is 108 Å². The van der Waals surface area contributed by atoms with Crippen molar-refractivity contribution in [2.24, 2.45) is 0 Å². The summed E-state index contributed by atoms with van der Waals surface area (Å²) < 4.78 is 5.36. The molecule has 0 bridgehead atoms. The number of hydrogen-bond acceptors (Lipinski definition) is 4. The molecule has 0 aliphatic rings. The Morgan fingerprint density at radius 1 is 1.47 bits per heavy atom. The van der Waals surface area contributed by atoms with E-state index in [0.717, 1.165) is 26.0 Å². The number of ether oxygens (including phenoxy) is 1. The number of aryl methyl sites for hydroxylation is 1. The molecule has 1 unspecified atom stereocenters. The van der Waals surface area contributed by atoms with Gasteiger partial charge in [-0.05, 0) is 25.5 Å². The molecular weight excluding hydrogens is 234 g/mol. The third-order valence-corrected chi connectivity index (χ3v) is 3.43. The van der Waals surface area contributed by atoms with Gasteiger partial charge in [0.15, 0.2) is 0 Å². The molecule has 0 fully saturated rings. The van der Waals surface area contributed by atoms with Gasteiger partial charge in [0, 0.05) is 29.5 Å². The molecule has 0 aliphatic heterocycles. The van der Waals surface area contributed by atoms with E-state index in [4.69, 9.17) is 4.74 Å². The van der Waals surface area contributed by atoms with E-state index >= 15 is 0 Å². The lowest BCUT2D eigenvalue weighted by Gasteiger charge is -2.11. The summed E-state index contributed by atoms with van der Waals surface area (Å²) in [5.74, 6) is 0. The fraction of sp³-hybridized carbons (Fsp3) is 0.692. The Morgan fingerprint density at radius 2 is 2.29 bits per heavy atom. The molecule has 1 aromatic rings. The van der Waals surface area contributed by atoms with Gasteiger partial charge in [0.05, 0.1) is 12.7 Å². The molecular formula is C13H23NO2S. The SMILES string of the molecule is CCCCOCC(O)CNCc1ccc(C)s1. The summed E-state index contributed by atoms with van der Waals surface area (Å²) in [6.07, 6.45) is 1.79. The van der Waals surface area contributed by atoms with E-state index in [1.165, 1.54) is 9.75 Å². The van der Waals surface area contributed by atoms with Crippen molar-refractivity contribution in [2.45, 2.75) is 39.3 Å². The van der Waals surface area contributed by atoms with Crippen molar-refractivity contribution in [1.82, 2.24) is 5.32 Å². The van der Waals surface area contributed by atoms with Crippen LogP contribution in [0.25, 0.3) is 0 Å². The monoisotopic (exact) mass is 257 g/mol. The lowest BCUT2D eigenvalue weighted by atomic mass is 10.3. The molecule has 2 N–H and O–H groups in total. The quantitative estimate of drug-likeness (QED) is 0.667. The number of aliphatic hydroxyl groups is 1. The first-order chi connectivity index (χ1) is 8.22. The predicted molar refractivity (Wildman–Crippen MR) is 72.5 cm³/mol. The van der Waals surface area contributed by atoms with E-state index in [9.17, 15) is 5.11 Å². The van der Waals surface area contributed by atoms with Crippen molar-refractivity contribution >= 4 is 11.3 Å². The number of unbranched alkanes of at least 4 members (excludes halogenated alkanes) is 1. The van der Waals surface area contributed by atoms with Crippen molar-refractivity contribution in [2.75, 3.05) is 19.8 Å². The van der Waals surface area contributed by atoms with Gasteiger partial charge in [-0.15, -0.1) is 11.3 Å². The first-order valence-corrected chi connectivity index (χ1v) is 7.06. The van der Waals surface area contributed by atoms with Gasteiger partial charge < -0.3 is 15.2 Å². The molecule has 1 heterocycles. The Balaban J connectivity index is 2.02. The first kappa shape index (κ1) is 14.6. The third-order valence-electron chi connectivity index (χ3n) is 2.43. The minimum Gasteiger partial charge on any atom is -0.389 e. The van der Waals surface area contributed by atoms with Crippen LogP contribution in [0, 0.1) is 6.92 Å². The summed E-state index contributed by atoms with van der Waals surface area (Å²) in [7, 11) is 0. The van der Waals surface area contributed by atoms with Crippen molar-refractivity contribution in [3.05, 3.63) is 21.9 Å². The number of aliphatic hydroxyl groups excluding tert-OH is 1. The Morgan fingerprint density at radius 3 is 2.94 bits per heavy atom. The molecule has 4 heteroatoms. The van der Waals surface area contributed by atoms with Crippen molar-refractivity contribution in [3.63, 3.8) is 0 Å². The summed E-state index contributed by atoms with van der Waals surface area (Å²) >= 11 is 1.79. The highest BCUT2D eigenvalue weighted by Gasteiger charge is 2.04. The maximum absolute atomic E-state index is 9.65. The van der Waals surface area contributed by atoms with E-state index < -0.39 is 6.10 Å². The summed E-state index contributed by atoms with van der Waals surface area (Å²) in [4.78, 5) is 2.63. The second-order valence-electron chi connectivity index (χ2n) is 4.23. The van der Waals surface area contributed by atoms with Gasteiger partial charge >= 0.3 is 0 Å². The molecule has 17 heavy (non-hydrogen) atoms. The van der Waals surface area contributed by atoms with Crippen LogP contribution in [0.5, 0.6) is 0 Å².